The zero-order valence-electron chi connectivity index (χ0n) is 10.7. The van der Waals surface area contributed by atoms with Gasteiger partial charge in [0.05, 0.1) is 0 Å². The molecule has 0 amide bonds. The Kier molecular flexibility index (Phi) is 5.12. The van der Waals surface area contributed by atoms with Gasteiger partial charge in [0, 0.05) is 0 Å². The van der Waals surface area contributed by atoms with E-state index in [0.717, 1.165) is 10.1 Å². The molecule has 1 nitrogen and oxygen atoms in total. The summed E-state index contributed by atoms with van der Waals surface area (Å²) in [6.45, 7) is 2.10. The molecule has 0 aliphatic heterocycles. The molecule has 0 radical (unpaired) electrons. The van der Waals surface area contributed by atoms with Crippen molar-refractivity contribution in [2.45, 2.75) is 13.0 Å². The molecular formula is C17H15FeN+. The molecule has 0 saturated carbocycles. The zero-order valence-corrected chi connectivity index (χ0v) is 11.8. The van der Waals surface area contributed by atoms with Crippen molar-refractivity contribution in [1.82, 2.24) is 5.32 Å². The van der Waals surface area contributed by atoms with E-state index in [1.807, 2.05) is 48.5 Å². The van der Waals surface area contributed by atoms with Crippen molar-refractivity contribution in [3.63, 3.8) is 0 Å². The van der Waals surface area contributed by atoms with Crippen LogP contribution in [0, 0.1) is 11.8 Å². The van der Waals surface area contributed by atoms with Crippen molar-refractivity contribution in [2.24, 2.45) is 0 Å². The molecule has 1 unspecified atom stereocenters. The molecule has 1 N–H and O–H groups in total. The van der Waals surface area contributed by atoms with Crippen LogP contribution in [0.4, 0.5) is 0 Å². The topological polar surface area (TPSA) is 12.0 Å². The van der Waals surface area contributed by atoms with E-state index >= 15 is 0 Å². The van der Waals surface area contributed by atoms with Crippen molar-refractivity contribution in [3.8, 4) is 11.8 Å². The summed E-state index contributed by atoms with van der Waals surface area (Å²) in [6, 6.07) is 20.4. The Morgan fingerprint density at radius 3 is 2.21 bits per heavy atom. The van der Waals surface area contributed by atoms with Crippen LogP contribution in [0.3, 0.4) is 0 Å². The average molecular weight is 289 g/mol. The Bertz CT molecular complexity index is 593. The molecule has 0 aliphatic carbocycles. The van der Waals surface area contributed by atoms with Crippen LogP contribution < -0.4 is 5.32 Å². The molecule has 2 aromatic rings. The molecule has 0 spiro atoms. The third-order valence-corrected chi connectivity index (χ3v) is 3.02. The fourth-order valence-corrected chi connectivity index (χ4v) is 2.00. The third-order valence-electron chi connectivity index (χ3n) is 2.73. The molecular weight excluding hydrogens is 274 g/mol. The quantitative estimate of drug-likeness (QED) is 0.676. The fraction of sp³-hybridized carbons (Fsp3) is 0.118. The SMILES string of the molecule is CC(N[C](=[Fe+])C#Cc1ccccc1)c1ccccc1. The molecule has 0 fully saturated rings. The minimum atomic E-state index is 0.207. The second-order valence-corrected chi connectivity index (χ2v) is 4.75. The van der Waals surface area contributed by atoms with Crippen LogP contribution in [-0.4, -0.2) is 4.54 Å². The first kappa shape index (κ1) is 13.8. The maximum absolute atomic E-state index is 3.95. The van der Waals surface area contributed by atoms with Gasteiger partial charge < -0.3 is 0 Å². The number of rotatable bonds is 3. The van der Waals surface area contributed by atoms with E-state index in [4.69, 9.17) is 0 Å². The molecule has 0 saturated heterocycles. The predicted octanol–water partition coefficient (Wildman–Crippen LogP) is 3.07. The van der Waals surface area contributed by atoms with E-state index in [-0.39, 0.29) is 6.04 Å². The first-order valence-corrected chi connectivity index (χ1v) is 6.70. The summed E-state index contributed by atoms with van der Waals surface area (Å²) in [4.78, 5) is 0. The maximum atomic E-state index is 3.95. The number of hydrogen-bond donors (Lipinski definition) is 1. The molecule has 0 aliphatic rings. The van der Waals surface area contributed by atoms with Gasteiger partial charge in [-0.1, -0.05) is 0 Å². The Labute approximate surface area is 122 Å². The van der Waals surface area contributed by atoms with Gasteiger partial charge in [-0.05, 0) is 0 Å². The summed E-state index contributed by atoms with van der Waals surface area (Å²) >= 11 is 3.95. The van der Waals surface area contributed by atoms with Crippen molar-refractivity contribution < 1.29 is 15.6 Å². The molecule has 2 rings (SSSR count). The number of benzene rings is 2. The number of hydrogen-bond acceptors (Lipinski definition) is 1. The second-order valence-electron chi connectivity index (χ2n) is 4.19. The van der Waals surface area contributed by atoms with E-state index in [0.29, 0.717) is 0 Å². The Morgan fingerprint density at radius 1 is 1.00 bits per heavy atom. The summed E-state index contributed by atoms with van der Waals surface area (Å²) in [7, 11) is 0. The van der Waals surface area contributed by atoms with Crippen molar-refractivity contribution in [1.29, 1.82) is 0 Å². The van der Waals surface area contributed by atoms with Gasteiger partial charge in [-0.2, -0.15) is 0 Å². The summed E-state index contributed by atoms with van der Waals surface area (Å²) in [6.07, 6.45) is 0. The van der Waals surface area contributed by atoms with E-state index in [1.54, 1.807) is 0 Å². The van der Waals surface area contributed by atoms with E-state index in [2.05, 4.69) is 51.8 Å². The summed E-state index contributed by atoms with van der Waals surface area (Å²) in [5, 5.41) is 3.30. The van der Waals surface area contributed by atoms with Gasteiger partial charge in [-0.15, -0.1) is 0 Å². The third kappa shape index (κ3) is 4.50. The van der Waals surface area contributed by atoms with Gasteiger partial charge in [-0.25, -0.2) is 0 Å². The molecule has 0 aromatic heterocycles. The Balaban J connectivity index is 1.97. The first-order valence-electron chi connectivity index (χ1n) is 6.15. The molecule has 0 bridgehead atoms. The standard InChI is InChI=1S/C17H15N.Fe/c1-15(17-12-6-3-7-13-17)18-14-8-11-16-9-4-2-5-10-16;/h2-7,9-10,12-13,15,18H,1H3;/q;+1. The van der Waals surface area contributed by atoms with Crippen LogP contribution >= 0.6 is 0 Å². The van der Waals surface area contributed by atoms with Crippen LogP contribution in [0.25, 0.3) is 0 Å². The fourth-order valence-electron chi connectivity index (χ4n) is 1.69. The van der Waals surface area contributed by atoms with Crippen LogP contribution in [0.5, 0.6) is 0 Å². The van der Waals surface area contributed by atoms with Gasteiger partial charge in [-0.3, -0.25) is 0 Å². The van der Waals surface area contributed by atoms with Gasteiger partial charge in [0.2, 0.25) is 0 Å². The first-order chi connectivity index (χ1) is 9.25. The van der Waals surface area contributed by atoms with Gasteiger partial charge >= 0.3 is 122 Å². The summed E-state index contributed by atoms with van der Waals surface area (Å²) < 4.78 is 0.736. The Hall–Kier alpha value is -1.65. The van der Waals surface area contributed by atoms with Crippen molar-refractivity contribution >= 4 is 4.54 Å². The van der Waals surface area contributed by atoms with Crippen LogP contribution in [0.2, 0.25) is 0 Å². The van der Waals surface area contributed by atoms with Crippen LogP contribution in [-0.2, 0) is 15.6 Å². The predicted molar refractivity (Wildman–Crippen MR) is 76.3 cm³/mol. The molecule has 95 valence electrons. The number of nitrogens with one attached hydrogen (secondary N) is 1. The van der Waals surface area contributed by atoms with E-state index in [1.165, 1.54) is 5.56 Å². The van der Waals surface area contributed by atoms with Crippen LogP contribution in [0.1, 0.15) is 24.1 Å². The van der Waals surface area contributed by atoms with Gasteiger partial charge in [0.15, 0.2) is 0 Å². The van der Waals surface area contributed by atoms with Crippen molar-refractivity contribution in [2.75, 3.05) is 0 Å². The molecule has 1 atom stereocenters. The van der Waals surface area contributed by atoms with Crippen LogP contribution in [0.15, 0.2) is 60.7 Å². The van der Waals surface area contributed by atoms with Gasteiger partial charge in [0.25, 0.3) is 0 Å². The van der Waals surface area contributed by atoms with E-state index in [9.17, 15) is 0 Å². The molecule has 0 heterocycles. The normalized spacial score (nSPS) is 11.2. The summed E-state index contributed by atoms with van der Waals surface area (Å²) in [5.41, 5.74) is 2.22. The van der Waals surface area contributed by atoms with Gasteiger partial charge in [0.1, 0.15) is 0 Å². The zero-order chi connectivity index (χ0) is 13.5. The second kappa shape index (κ2) is 7.07. The molecule has 2 aromatic carbocycles. The molecule has 2 heteroatoms. The minimum absolute atomic E-state index is 0.207. The Morgan fingerprint density at radius 2 is 1.58 bits per heavy atom. The van der Waals surface area contributed by atoms with E-state index < -0.39 is 0 Å². The average Bonchev–Trinajstić information content (AvgIpc) is 2.47. The monoisotopic (exact) mass is 289 g/mol. The summed E-state index contributed by atoms with van der Waals surface area (Å²) in [5.74, 6) is 6.13. The van der Waals surface area contributed by atoms with Crippen molar-refractivity contribution in [3.05, 3.63) is 71.8 Å². The molecule has 19 heavy (non-hydrogen) atoms.